The molecule has 0 heterocycles. The maximum Gasteiger partial charge on any atom is 0.242 e. The van der Waals surface area contributed by atoms with Crippen molar-refractivity contribution in [3.05, 3.63) is 64.4 Å². The molecule has 7 nitrogen and oxygen atoms in total. The maximum atomic E-state index is 13.4. The number of aryl methyl sites for hydroxylation is 1. The van der Waals surface area contributed by atoms with E-state index in [9.17, 15) is 22.4 Å². The zero-order chi connectivity index (χ0) is 27.0. The van der Waals surface area contributed by atoms with Crippen molar-refractivity contribution in [1.82, 2.24) is 10.2 Å². The molecule has 0 saturated carbocycles. The molecule has 10 heteroatoms. The lowest BCUT2D eigenvalue weighted by molar-refractivity contribution is -0.140. The first-order valence-electron chi connectivity index (χ1n) is 11.9. The molecule has 0 saturated heterocycles. The molecule has 0 unspecified atom stereocenters. The number of anilines is 1. The minimum atomic E-state index is -3.62. The van der Waals surface area contributed by atoms with Gasteiger partial charge in [-0.3, -0.25) is 13.9 Å². The van der Waals surface area contributed by atoms with Crippen LogP contribution in [0.3, 0.4) is 0 Å². The van der Waals surface area contributed by atoms with Crippen LogP contribution < -0.4 is 9.62 Å². The van der Waals surface area contributed by atoms with Gasteiger partial charge in [-0.05, 0) is 69.0 Å². The van der Waals surface area contributed by atoms with E-state index >= 15 is 0 Å². The van der Waals surface area contributed by atoms with Crippen LogP contribution in [0.4, 0.5) is 10.1 Å². The van der Waals surface area contributed by atoms with Crippen LogP contribution in [0.15, 0.2) is 42.5 Å². The Morgan fingerprint density at radius 1 is 1.11 bits per heavy atom. The number of carbonyl (C=O) groups excluding carboxylic acids is 2. The van der Waals surface area contributed by atoms with Gasteiger partial charge in [-0.25, -0.2) is 12.8 Å². The molecule has 198 valence electrons. The van der Waals surface area contributed by atoms with Crippen molar-refractivity contribution in [2.45, 2.75) is 65.6 Å². The molecular weight excluding hydrogens is 505 g/mol. The Hall–Kier alpha value is -2.65. The highest BCUT2D eigenvalue weighted by atomic mass is 35.5. The van der Waals surface area contributed by atoms with Gasteiger partial charge >= 0.3 is 0 Å². The molecule has 0 spiro atoms. The van der Waals surface area contributed by atoms with Gasteiger partial charge in [0.2, 0.25) is 21.8 Å². The molecule has 36 heavy (non-hydrogen) atoms. The first-order chi connectivity index (χ1) is 16.8. The number of amides is 2. The van der Waals surface area contributed by atoms with Crippen molar-refractivity contribution in [3.63, 3.8) is 0 Å². The van der Waals surface area contributed by atoms with Crippen molar-refractivity contribution in [2.24, 2.45) is 0 Å². The number of nitrogens with one attached hydrogen (secondary N) is 1. The fourth-order valence-electron chi connectivity index (χ4n) is 3.67. The molecule has 2 atom stereocenters. The second-order valence-electron chi connectivity index (χ2n) is 9.01. The molecule has 0 aromatic heterocycles. The lowest BCUT2D eigenvalue weighted by Crippen LogP contribution is -2.49. The molecule has 0 radical (unpaired) electrons. The first kappa shape index (κ1) is 29.6. The predicted molar refractivity (Wildman–Crippen MR) is 142 cm³/mol. The molecule has 2 aromatic rings. The third-order valence-electron chi connectivity index (χ3n) is 6.03. The lowest BCUT2D eigenvalue weighted by Gasteiger charge is -2.30. The predicted octanol–water partition coefficient (Wildman–Crippen LogP) is 4.67. The van der Waals surface area contributed by atoms with Crippen molar-refractivity contribution in [3.8, 4) is 0 Å². The zero-order valence-electron chi connectivity index (χ0n) is 21.4. The Morgan fingerprint density at radius 3 is 2.33 bits per heavy atom. The summed E-state index contributed by atoms with van der Waals surface area (Å²) in [6.07, 6.45) is 2.11. The van der Waals surface area contributed by atoms with Gasteiger partial charge in [-0.1, -0.05) is 36.7 Å². The van der Waals surface area contributed by atoms with Gasteiger partial charge < -0.3 is 10.2 Å². The van der Waals surface area contributed by atoms with E-state index in [1.165, 1.54) is 21.3 Å². The molecule has 2 aromatic carbocycles. The van der Waals surface area contributed by atoms with E-state index in [4.69, 9.17) is 11.6 Å². The van der Waals surface area contributed by atoms with E-state index in [0.29, 0.717) is 16.3 Å². The van der Waals surface area contributed by atoms with Crippen LogP contribution >= 0.6 is 11.6 Å². The zero-order valence-corrected chi connectivity index (χ0v) is 23.0. The van der Waals surface area contributed by atoms with Gasteiger partial charge in [0.1, 0.15) is 11.9 Å². The van der Waals surface area contributed by atoms with E-state index in [1.807, 2.05) is 13.8 Å². The minimum absolute atomic E-state index is 0.0216. The molecular formula is C26H35ClFN3O4S. The van der Waals surface area contributed by atoms with Gasteiger partial charge in [0.05, 0.1) is 11.9 Å². The van der Waals surface area contributed by atoms with E-state index in [-0.39, 0.29) is 43.8 Å². The fraction of sp³-hybridized carbons (Fsp3) is 0.462. The monoisotopic (exact) mass is 539 g/mol. The molecule has 1 N–H and O–H groups in total. The molecule has 2 rings (SSSR count). The summed E-state index contributed by atoms with van der Waals surface area (Å²) in [6.45, 7) is 7.47. The molecule has 0 aliphatic rings. The van der Waals surface area contributed by atoms with Crippen LogP contribution in [0, 0.1) is 12.7 Å². The van der Waals surface area contributed by atoms with Gasteiger partial charge in [0.25, 0.3) is 0 Å². The van der Waals surface area contributed by atoms with Crippen molar-refractivity contribution in [2.75, 3.05) is 17.1 Å². The van der Waals surface area contributed by atoms with Gasteiger partial charge in [-0.15, -0.1) is 0 Å². The summed E-state index contributed by atoms with van der Waals surface area (Å²) in [5, 5.41) is 3.30. The molecule has 2 amide bonds. The largest absolute Gasteiger partial charge is 0.352 e. The van der Waals surface area contributed by atoms with Gasteiger partial charge in [-0.2, -0.15) is 0 Å². The SMILES string of the molecule is CC[C@H](C)NC(=O)[C@@H](C)N(Cc1ccc(F)cc1)C(=O)CCCN(c1cc(Cl)ccc1C)S(C)(=O)=O. The molecule has 0 fully saturated rings. The standard InChI is InChI=1S/C26H35ClFN3O4S/c1-6-19(3)29-26(33)20(4)30(17-21-10-13-23(28)14-11-21)25(32)8-7-15-31(36(5,34)35)24-16-22(27)12-9-18(24)2/h9-14,16,19-20H,6-8,15,17H2,1-5H3,(H,29,33)/t19-,20+/m0/s1. The Labute approximate surface area is 218 Å². The number of benzene rings is 2. The van der Waals surface area contributed by atoms with E-state index in [2.05, 4.69) is 5.32 Å². The van der Waals surface area contributed by atoms with E-state index < -0.39 is 21.9 Å². The summed E-state index contributed by atoms with van der Waals surface area (Å²) in [6, 6.07) is 9.95. The number of carbonyl (C=O) groups is 2. The molecule has 0 aliphatic carbocycles. The average molecular weight is 540 g/mol. The van der Waals surface area contributed by atoms with Gasteiger partial charge in [0.15, 0.2) is 0 Å². The number of nitrogens with zero attached hydrogens (tertiary/aromatic N) is 2. The Kier molecular flexibility index (Phi) is 10.7. The van der Waals surface area contributed by atoms with Crippen molar-refractivity contribution < 1.29 is 22.4 Å². The summed E-state index contributed by atoms with van der Waals surface area (Å²) in [5.41, 5.74) is 1.88. The highest BCUT2D eigenvalue weighted by Gasteiger charge is 2.27. The normalized spacial score (nSPS) is 13.1. The summed E-state index contributed by atoms with van der Waals surface area (Å²) in [4.78, 5) is 27.5. The third-order valence-corrected chi connectivity index (χ3v) is 7.44. The highest BCUT2D eigenvalue weighted by Crippen LogP contribution is 2.27. The minimum Gasteiger partial charge on any atom is -0.352 e. The number of rotatable bonds is 12. The van der Waals surface area contributed by atoms with Crippen LogP contribution in [-0.4, -0.2) is 50.0 Å². The van der Waals surface area contributed by atoms with Crippen LogP contribution in [0.1, 0.15) is 51.2 Å². The Bertz CT molecular complexity index is 1160. The number of hydrogen-bond acceptors (Lipinski definition) is 4. The van der Waals surface area contributed by atoms with E-state index in [1.54, 1.807) is 44.2 Å². The van der Waals surface area contributed by atoms with Crippen LogP contribution in [0.25, 0.3) is 0 Å². The second kappa shape index (κ2) is 13.1. The number of sulfonamides is 1. The molecule has 0 aliphatic heterocycles. The Balaban J connectivity index is 2.20. The summed E-state index contributed by atoms with van der Waals surface area (Å²) in [5.74, 6) is -0.981. The summed E-state index contributed by atoms with van der Waals surface area (Å²) < 4.78 is 39.6. The van der Waals surface area contributed by atoms with E-state index in [0.717, 1.165) is 18.2 Å². The Morgan fingerprint density at radius 2 is 1.75 bits per heavy atom. The second-order valence-corrected chi connectivity index (χ2v) is 11.4. The topological polar surface area (TPSA) is 86.8 Å². The van der Waals surface area contributed by atoms with Gasteiger partial charge in [0, 0.05) is 30.6 Å². The number of halogens is 2. The lowest BCUT2D eigenvalue weighted by atomic mass is 10.1. The number of hydrogen-bond donors (Lipinski definition) is 1. The van der Waals surface area contributed by atoms with Crippen molar-refractivity contribution in [1.29, 1.82) is 0 Å². The third kappa shape index (κ3) is 8.48. The summed E-state index contributed by atoms with van der Waals surface area (Å²) >= 11 is 6.09. The quantitative estimate of drug-likeness (QED) is 0.425. The maximum absolute atomic E-state index is 13.4. The average Bonchev–Trinajstić information content (AvgIpc) is 2.81. The van der Waals surface area contributed by atoms with Crippen LogP contribution in [0.5, 0.6) is 0 Å². The molecule has 0 bridgehead atoms. The smallest absolute Gasteiger partial charge is 0.242 e. The summed E-state index contributed by atoms with van der Waals surface area (Å²) in [7, 11) is -3.62. The first-order valence-corrected chi connectivity index (χ1v) is 14.1. The highest BCUT2D eigenvalue weighted by molar-refractivity contribution is 7.92. The van der Waals surface area contributed by atoms with Crippen LogP contribution in [-0.2, 0) is 26.2 Å². The van der Waals surface area contributed by atoms with Crippen molar-refractivity contribution >= 4 is 39.1 Å². The fourth-order valence-corrected chi connectivity index (χ4v) is 4.85. The van der Waals surface area contributed by atoms with Crippen LogP contribution in [0.2, 0.25) is 5.02 Å².